The molecule has 9 heteroatoms. The van der Waals surface area contributed by atoms with Gasteiger partial charge in [-0.2, -0.15) is 4.31 Å². The van der Waals surface area contributed by atoms with E-state index in [0.717, 1.165) is 46.7 Å². The summed E-state index contributed by atoms with van der Waals surface area (Å²) < 4.78 is 34.5. The van der Waals surface area contributed by atoms with E-state index in [-0.39, 0.29) is 26.2 Å². The van der Waals surface area contributed by atoms with E-state index in [4.69, 9.17) is 39.2 Å². The normalized spacial score (nSPS) is 13.6. The largest absolute Gasteiger partial charge is 0.461 e. The maximum atomic E-state index is 13.9. The molecular weight excluding hydrogens is 517 g/mol. The molecular formula is C25H18Cl3NO4S. The molecule has 5 nitrogen and oxygen atoms in total. The number of carbonyl (C=O) groups excluding carboxylic acids is 1. The minimum absolute atomic E-state index is 0.0416. The van der Waals surface area contributed by atoms with Crippen molar-refractivity contribution in [2.45, 2.75) is 30.6 Å². The lowest BCUT2D eigenvalue weighted by Crippen LogP contribution is -2.37. The summed E-state index contributed by atoms with van der Waals surface area (Å²) in [4.78, 5) is 13.4. The number of nitrogens with zero attached hydrogens (tertiary/aromatic N) is 1. The van der Waals surface area contributed by atoms with Crippen LogP contribution in [0.4, 0.5) is 5.69 Å². The van der Waals surface area contributed by atoms with Crippen LogP contribution in [0.2, 0.25) is 15.1 Å². The molecule has 0 N–H and O–H groups in total. The summed E-state index contributed by atoms with van der Waals surface area (Å²) in [7, 11) is -4.43. The fourth-order valence-corrected chi connectivity index (χ4v) is 6.50. The number of hydrogen-bond acceptors (Lipinski definition) is 4. The van der Waals surface area contributed by atoms with Gasteiger partial charge in [-0.15, -0.1) is 0 Å². The van der Waals surface area contributed by atoms with E-state index < -0.39 is 15.9 Å². The topological polar surface area (TPSA) is 67.6 Å². The molecule has 34 heavy (non-hydrogen) atoms. The highest BCUT2D eigenvalue weighted by atomic mass is 35.5. The summed E-state index contributed by atoms with van der Waals surface area (Å²) in [6.07, 6.45) is 3.74. The van der Waals surface area contributed by atoms with Gasteiger partial charge in [0.25, 0.3) is 15.9 Å². The molecule has 5 rings (SSSR count). The number of anilines is 1. The van der Waals surface area contributed by atoms with Gasteiger partial charge in [0.05, 0.1) is 10.7 Å². The Kier molecular flexibility index (Phi) is 6.10. The Labute approximate surface area is 211 Å². The lowest BCUT2D eigenvalue weighted by atomic mass is 9.96. The Balaban J connectivity index is 1.72. The Bertz CT molecular complexity index is 1530. The van der Waals surface area contributed by atoms with Crippen LogP contribution in [0.5, 0.6) is 0 Å². The molecule has 4 aromatic rings. The minimum atomic E-state index is -4.43. The zero-order valence-electron chi connectivity index (χ0n) is 17.7. The third-order valence-corrected chi connectivity index (χ3v) is 8.54. The number of benzene rings is 3. The van der Waals surface area contributed by atoms with Crippen LogP contribution in [-0.4, -0.2) is 14.3 Å². The third kappa shape index (κ3) is 4.09. The first kappa shape index (κ1) is 23.2. The van der Waals surface area contributed by atoms with Crippen molar-refractivity contribution in [3.8, 4) is 0 Å². The predicted molar refractivity (Wildman–Crippen MR) is 135 cm³/mol. The quantitative estimate of drug-likeness (QED) is 0.275. The second-order valence-corrected chi connectivity index (χ2v) is 11.1. The van der Waals surface area contributed by atoms with Crippen molar-refractivity contribution in [1.82, 2.24) is 0 Å². The number of hydrogen-bond donors (Lipinski definition) is 0. The molecule has 0 spiro atoms. The minimum Gasteiger partial charge on any atom is -0.461 e. The van der Waals surface area contributed by atoms with Crippen LogP contribution in [0, 0.1) is 0 Å². The van der Waals surface area contributed by atoms with Gasteiger partial charge in [-0.25, -0.2) is 8.42 Å². The van der Waals surface area contributed by atoms with E-state index in [0.29, 0.717) is 10.6 Å². The Morgan fingerprint density at radius 2 is 1.56 bits per heavy atom. The van der Waals surface area contributed by atoms with Gasteiger partial charge in [0.15, 0.2) is 0 Å². The first-order valence-corrected chi connectivity index (χ1v) is 13.2. The van der Waals surface area contributed by atoms with Crippen molar-refractivity contribution in [1.29, 1.82) is 0 Å². The first-order chi connectivity index (χ1) is 16.3. The second kappa shape index (κ2) is 8.93. The molecule has 0 bridgehead atoms. The molecule has 1 heterocycles. The second-order valence-electron chi connectivity index (χ2n) is 8.05. The molecule has 174 valence electrons. The van der Waals surface area contributed by atoms with E-state index in [1.807, 2.05) is 0 Å². The van der Waals surface area contributed by atoms with Gasteiger partial charge in [-0.05, 0) is 79.9 Å². The zero-order valence-corrected chi connectivity index (χ0v) is 20.8. The molecule has 0 unspecified atom stereocenters. The summed E-state index contributed by atoms with van der Waals surface area (Å²) in [6, 6.07) is 15.1. The lowest BCUT2D eigenvalue weighted by Gasteiger charge is -2.23. The van der Waals surface area contributed by atoms with Gasteiger partial charge >= 0.3 is 0 Å². The molecule has 0 saturated carbocycles. The fraction of sp³-hybridized carbons (Fsp3) is 0.160. The molecule has 0 aliphatic heterocycles. The number of furan rings is 1. The average molecular weight is 535 g/mol. The van der Waals surface area contributed by atoms with Gasteiger partial charge in [-0.3, -0.25) is 4.79 Å². The molecule has 1 aliphatic rings. The standard InChI is InChI=1S/C25H18Cl3NO4S/c26-16-7-5-15(6-8-16)25(30)29(34(31,32)24-13-17(27)9-11-21(24)28)18-10-12-23-20(14-18)19-3-1-2-4-22(19)33-23/h5-14H,1-4H2. The van der Waals surface area contributed by atoms with Crippen molar-refractivity contribution in [3.63, 3.8) is 0 Å². The third-order valence-electron chi connectivity index (χ3n) is 5.86. The summed E-state index contributed by atoms with van der Waals surface area (Å²) in [5, 5.41) is 1.37. The van der Waals surface area contributed by atoms with E-state index in [9.17, 15) is 13.2 Å². The Morgan fingerprint density at radius 3 is 2.32 bits per heavy atom. The highest BCUT2D eigenvalue weighted by molar-refractivity contribution is 7.93. The van der Waals surface area contributed by atoms with Gasteiger partial charge < -0.3 is 4.42 Å². The number of fused-ring (bicyclic) bond motifs is 3. The van der Waals surface area contributed by atoms with E-state index in [1.165, 1.54) is 42.5 Å². The van der Waals surface area contributed by atoms with Crippen LogP contribution in [-0.2, 0) is 22.9 Å². The van der Waals surface area contributed by atoms with Gasteiger partial charge in [0.2, 0.25) is 0 Å². The summed E-state index contributed by atoms with van der Waals surface area (Å²) in [5.74, 6) is 0.166. The molecule has 1 aromatic heterocycles. The molecule has 0 fully saturated rings. The number of amides is 1. The molecule has 0 atom stereocenters. The fourth-order valence-electron chi connectivity index (χ4n) is 4.23. The number of halogens is 3. The van der Waals surface area contributed by atoms with E-state index >= 15 is 0 Å². The number of rotatable bonds is 4. The van der Waals surface area contributed by atoms with Gasteiger partial charge in [0.1, 0.15) is 16.2 Å². The smallest absolute Gasteiger partial charge is 0.272 e. The summed E-state index contributed by atoms with van der Waals surface area (Å²) in [6.45, 7) is 0. The number of sulfonamides is 1. The first-order valence-electron chi connectivity index (χ1n) is 10.6. The van der Waals surface area contributed by atoms with Crippen molar-refractivity contribution in [2.75, 3.05) is 4.31 Å². The van der Waals surface area contributed by atoms with Gasteiger partial charge in [0, 0.05) is 33.0 Å². The highest BCUT2D eigenvalue weighted by Crippen LogP contribution is 2.37. The van der Waals surface area contributed by atoms with Crippen molar-refractivity contribution >= 4 is 67.4 Å². The van der Waals surface area contributed by atoms with Crippen LogP contribution in [0.25, 0.3) is 11.0 Å². The van der Waals surface area contributed by atoms with Crippen molar-refractivity contribution < 1.29 is 17.6 Å². The van der Waals surface area contributed by atoms with Crippen LogP contribution < -0.4 is 4.31 Å². The average Bonchev–Trinajstić information content (AvgIpc) is 3.19. The molecule has 1 aliphatic carbocycles. The summed E-state index contributed by atoms with van der Waals surface area (Å²) >= 11 is 18.3. The molecule has 0 saturated heterocycles. The Hall–Kier alpha value is -2.51. The van der Waals surface area contributed by atoms with Crippen molar-refractivity contribution in [2.24, 2.45) is 0 Å². The molecule has 0 radical (unpaired) electrons. The number of aryl methyl sites for hydroxylation is 2. The molecule has 3 aromatic carbocycles. The van der Waals surface area contributed by atoms with Gasteiger partial charge in [-0.1, -0.05) is 34.8 Å². The lowest BCUT2D eigenvalue weighted by molar-refractivity contribution is 0.101. The monoisotopic (exact) mass is 533 g/mol. The van der Waals surface area contributed by atoms with E-state index in [1.54, 1.807) is 18.2 Å². The summed E-state index contributed by atoms with van der Waals surface area (Å²) in [5.41, 5.74) is 2.05. The maximum absolute atomic E-state index is 13.9. The van der Waals surface area contributed by atoms with E-state index in [2.05, 4.69) is 0 Å². The van der Waals surface area contributed by atoms with Crippen LogP contribution in [0.15, 0.2) is 70.0 Å². The van der Waals surface area contributed by atoms with Crippen LogP contribution >= 0.6 is 34.8 Å². The molecule has 1 amide bonds. The predicted octanol–water partition coefficient (Wildman–Crippen LogP) is 7.31. The van der Waals surface area contributed by atoms with Crippen LogP contribution in [0.3, 0.4) is 0 Å². The number of carbonyl (C=O) groups is 1. The Morgan fingerprint density at radius 1 is 0.853 bits per heavy atom. The van der Waals surface area contributed by atoms with Crippen LogP contribution in [0.1, 0.15) is 34.5 Å². The maximum Gasteiger partial charge on any atom is 0.272 e. The van der Waals surface area contributed by atoms with Crippen molar-refractivity contribution in [3.05, 3.63) is 92.6 Å². The highest BCUT2D eigenvalue weighted by Gasteiger charge is 2.34. The SMILES string of the molecule is O=C(c1ccc(Cl)cc1)N(c1ccc2oc3c(c2c1)CCCC3)S(=O)(=O)c1cc(Cl)ccc1Cl. The zero-order chi connectivity index (χ0) is 24.0.